The van der Waals surface area contributed by atoms with Crippen LogP contribution in [0.5, 0.6) is 0 Å². The minimum Gasteiger partial charge on any atom is -0.337 e. The van der Waals surface area contributed by atoms with Gasteiger partial charge in [-0.15, -0.1) is 0 Å². The van der Waals surface area contributed by atoms with Gasteiger partial charge in [0.1, 0.15) is 17.7 Å². The molecule has 1 amide bonds. The summed E-state index contributed by atoms with van der Waals surface area (Å²) in [4.78, 5) is 12.3. The fraction of sp³-hybridized carbons (Fsp3) is 0.300. The van der Waals surface area contributed by atoms with Crippen molar-refractivity contribution in [2.75, 3.05) is 0 Å². The SMILES string of the molecule is N#CC(NC(=O)CCc1ccc(S(=O)(=O)NC2CC2)cc1)c1ccc(F)cc1F. The third kappa shape index (κ3) is 5.59. The van der Waals surface area contributed by atoms with Gasteiger partial charge in [0, 0.05) is 24.1 Å². The Morgan fingerprint density at radius 1 is 1.17 bits per heavy atom. The average Bonchev–Trinajstić information content (AvgIpc) is 3.48. The van der Waals surface area contributed by atoms with E-state index in [4.69, 9.17) is 0 Å². The third-order valence-corrected chi connectivity index (χ3v) is 6.02. The standard InChI is InChI=1S/C20H19F2N3O3S/c21-14-4-9-17(18(22)11-14)19(12-23)24-20(26)10-3-13-1-7-16(8-2-13)29(27,28)25-15-5-6-15/h1-2,4,7-9,11,15,19,25H,3,5-6,10H2,(H,24,26). The number of nitriles is 1. The molecule has 0 aromatic heterocycles. The van der Waals surface area contributed by atoms with Crippen molar-refractivity contribution in [3.63, 3.8) is 0 Å². The quantitative estimate of drug-likeness (QED) is 0.687. The zero-order valence-corrected chi connectivity index (χ0v) is 16.2. The van der Waals surface area contributed by atoms with E-state index in [9.17, 15) is 27.3 Å². The zero-order chi connectivity index (χ0) is 21.0. The second kappa shape index (κ2) is 8.68. The van der Waals surface area contributed by atoms with Crippen LogP contribution in [-0.4, -0.2) is 20.4 Å². The highest BCUT2D eigenvalue weighted by atomic mass is 32.2. The molecule has 2 aromatic rings. The molecule has 1 atom stereocenters. The lowest BCUT2D eigenvalue weighted by atomic mass is 10.1. The van der Waals surface area contributed by atoms with E-state index in [1.807, 2.05) is 0 Å². The number of carbonyl (C=O) groups excluding carboxylic acids is 1. The molecule has 0 radical (unpaired) electrons. The van der Waals surface area contributed by atoms with E-state index in [2.05, 4.69) is 10.0 Å². The number of nitrogens with zero attached hydrogens (tertiary/aromatic N) is 1. The normalized spacial score (nSPS) is 14.8. The molecule has 29 heavy (non-hydrogen) atoms. The van der Waals surface area contributed by atoms with Crippen LogP contribution in [0.3, 0.4) is 0 Å². The van der Waals surface area contributed by atoms with Crippen LogP contribution >= 0.6 is 0 Å². The molecule has 1 fully saturated rings. The van der Waals surface area contributed by atoms with E-state index in [0.29, 0.717) is 12.5 Å². The number of benzene rings is 2. The van der Waals surface area contributed by atoms with Crippen LogP contribution in [-0.2, 0) is 21.2 Å². The lowest BCUT2D eigenvalue weighted by molar-refractivity contribution is -0.121. The van der Waals surface area contributed by atoms with Crippen LogP contribution < -0.4 is 10.0 Å². The maximum Gasteiger partial charge on any atom is 0.240 e. The molecule has 0 saturated heterocycles. The van der Waals surface area contributed by atoms with Gasteiger partial charge in [-0.1, -0.05) is 18.2 Å². The predicted octanol–water partition coefficient (Wildman–Crippen LogP) is 2.72. The Bertz CT molecular complexity index is 1050. The Morgan fingerprint density at radius 2 is 1.86 bits per heavy atom. The highest BCUT2D eigenvalue weighted by molar-refractivity contribution is 7.89. The molecule has 1 unspecified atom stereocenters. The summed E-state index contributed by atoms with van der Waals surface area (Å²) in [7, 11) is -3.53. The molecule has 2 aromatic carbocycles. The maximum atomic E-state index is 13.8. The van der Waals surface area contributed by atoms with Crippen molar-refractivity contribution in [2.24, 2.45) is 0 Å². The molecule has 6 nitrogen and oxygen atoms in total. The minimum absolute atomic E-state index is 0.0161. The van der Waals surface area contributed by atoms with Crippen LogP contribution in [0.15, 0.2) is 47.4 Å². The molecule has 0 bridgehead atoms. The van der Waals surface area contributed by atoms with Gasteiger partial charge >= 0.3 is 0 Å². The zero-order valence-electron chi connectivity index (χ0n) is 15.4. The molecular formula is C20H19F2N3O3S. The first-order valence-electron chi connectivity index (χ1n) is 9.03. The summed E-state index contributed by atoms with van der Waals surface area (Å²) in [5.74, 6) is -2.16. The van der Waals surface area contributed by atoms with Crippen LogP contribution in [0.1, 0.15) is 36.4 Å². The minimum atomic E-state index is -3.53. The number of amides is 1. The number of hydrogen-bond donors (Lipinski definition) is 2. The first kappa shape index (κ1) is 20.9. The summed E-state index contributed by atoms with van der Waals surface area (Å²) in [5.41, 5.74) is 0.631. The molecule has 0 spiro atoms. The van der Waals surface area contributed by atoms with Gasteiger partial charge in [0.05, 0.1) is 11.0 Å². The lowest BCUT2D eigenvalue weighted by Gasteiger charge is -2.13. The summed E-state index contributed by atoms with van der Waals surface area (Å²) in [5, 5.41) is 11.6. The van der Waals surface area contributed by atoms with Gasteiger partial charge in [0.25, 0.3) is 0 Å². The fourth-order valence-electron chi connectivity index (χ4n) is 2.73. The number of nitrogens with one attached hydrogen (secondary N) is 2. The van der Waals surface area contributed by atoms with E-state index in [0.717, 1.165) is 30.5 Å². The molecule has 152 valence electrons. The largest absolute Gasteiger partial charge is 0.337 e. The van der Waals surface area contributed by atoms with Crippen molar-refractivity contribution in [1.82, 2.24) is 10.0 Å². The summed E-state index contributed by atoms with van der Waals surface area (Å²) in [6, 6.07) is 9.55. The Kier molecular flexibility index (Phi) is 6.25. The predicted molar refractivity (Wildman–Crippen MR) is 101 cm³/mol. The van der Waals surface area contributed by atoms with Crippen molar-refractivity contribution in [2.45, 2.75) is 42.7 Å². The first-order chi connectivity index (χ1) is 13.8. The number of carbonyl (C=O) groups is 1. The number of aryl methyl sites for hydroxylation is 1. The third-order valence-electron chi connectivity index (χ3n) is 4.48. The molecule has 0 heterocycles. The highest BCUT2D eigenvalue weighted by Crippen LogP contribution is 2.22. The van der Waals surface area contributed by atoms with E-state index in [-0.39, 0.29) is 22.9 Å². The molecule has 1 aliphatic carbocycles. The van der Waals surface area contributed by atoms with Gasteiger partial charge in [-0.25, -0.2) is 21.9 Å². The van der Waals surface area contributed by atoms with E-state index < -0.39 is 33.6 Å². The van der Waals surface area contributed by atoms with E-state index >= 15 is 0 Å². The van der Waals surface area contributed by atoms with Crippen molar-refractivity contribution in [3.05, 3.63) is 65.2 Å². The highest BCUT2D eigenvalue weighted by Gasteiger charge is 2.27. The maximum absolute atomic E-state index is 13.8. The molecule has 2 N–H and O–H groups in total. The Balaban J connectivity index is 1.56. The number of hydrogen-bond acceptors (Lipinski definition) is 4. The topological polar surface area (TPSA) is 99.1 Å². The molecule has 3 rings (SSSR count). The molecule has 1 saturated carbocycles. The Labute approximate surface area is 167 Å². The van der Waals surface area contributed by atoms with Crippen molar-refractivity contribution >= 4 is 15.9 Å². The van der Waals surface area contributed by atoms with Gasteiger partial charge in [-0.2, -0.15) is 5.26 Å². The van der Waals surface area contributed by atoms with Crippen molar-refractivity contribution < 1.29 is 22.0 Å². The fourth-order valence-corrected chi connectivity index (χ4v) is 4.04. The van der Waals surface area contributed by atoms with Crippen LogP contribution in [0.25, 0.3) is 0 Å². The van der Waals surface area contributed by atoms with Crippen molar-refractivity contribution in [1.29, 1.82) is 5.26 Å². The second-order valence-electron chi connectivity index (χ2n) is 6.83. The smallest absolute Gasteiger partial charge is 0.240 e. The summed E-state index contributed by atoms with van der Waals surface area (Å²) in [6.45, 7) is 0. The van der Waals surface area contributed by atoms with Gasteiger partial charge in [0.15, 0.2) is 0 Å². The van der Waals surface area contributed by atoms with Gasteiger partial charge in [-0.3, -0.25) is 4.79 Å². The second-order valence-corrected chi connectivity index (χ2v) is 8.55. The van der Waals surface area contributed by atoms with Crippen LogP contribution in [0, 0.1) is 23.0 Å². The van der Waals surface area contributed by atoms with Gasteiger partial charge in [-0.05, 0) is 43.0 Å². The monoisotopic (exact) mass is 419 g/mol. The number of sulfonamides is 1. The summed E-state index contributed by atoms with van der Waals surface area (Å²) >= 11 is 0. The van der Waals surface area contributed by atoms with E-state index in [1.165, 1.54) is 12.1 Å². The summed E-state index contributed by atoms with van der Waals surface area (Å²) < 4.78 is 53.7. The number of rotatable bonds is 8. The van der Waals surface area contributed by atoms with Crippen LogP contribution in [0.4, 0.5) is 8.78 Å². The Morgan fingerprint density at radius 3 is 2.45 bits per heavy atom. The molecule has 9 heteroatoms. The molecule has 0 aliphatic heterocycles. The van der Waals surface area contributed by atoms with Gasteiger partial charge in [0.2, 0.25) is 15.9 Å². The molecular weight excluding hydrogens is 400 g/mol. The Hall–Kier alpha value is -2.83. The summed E-state index contributed by atoms with van der Waals surface area (Å²) in [6.07, 6.45) is 2.02. The first-order valence-corrected chi connectivity index (χ1v) is 10.5. The number of halogens is 2. The van der Waals surface area contributed by atoms with Crippen LogP contribution in [0.2, 0.25) is 0 Å². The van der Waals surface area contributed by atoms with Crippen molar-refractivity contribution in [3.8, 4) is 6.07 Å². The average molecular weight is 419 g/mol. The lowest BCUT2D eigenvalue weighted by Crippen LogP contribution is -2.28. The molecule has 1 aliphatic rings. The van der Waals surface area contributed by atoms with E-state index in [1.54, 1.807) is 18.2 Å². The van der Waals surface area contributed by atoms with Gasteiger partial charge < -0.3 is 5.32 Å².